The Balaban J connectivity index is 1.92. The molecule has 0 aromatic heterocycles. The van der Waals surface area contributed by atoms with E-state index in [4.69, 9.17) is 0 Å². The topological polar surface area (TPSA) is 26.8 Å². The van der Waals surface area contributed by atoms with E-state index in [1.807, 2.05) is 0 Å². The summed E-state index contributed by atoms with van der Waals surface area (Å²) in [7, 11) is 1.60. The summed E-state index contributed by atoms with van der Waals surface area (Å²) in [6.45, 7) is 1.54. The molecule has 1 atom stereocenters. The fraction of sp³-hybridized carbons (Fsp3) is 0.533. The third kappa shape index (κ3) is 3.70. The summed E-state index contributed by atoms with van der Waals surface area (Å²) in [5.41, 5.74) is -0.205. The number of thioether (sulfide) groups is 1. The second kappa shape index (κ2) is 6.55. The van der Waals surface area contributed by atoms with Crippen LogP contribution in [0.25, 0.3) is 0 Å². The Morgan fingerprint density at radius 2 is 1.96 bits per heavy atom. The van der Waals surface area contributed by atoms with E-state index < -0.39 is 29.3 Å². The number of hydrogen-bond donors (Lipinski definition) is 1. The molecule has 0 spiro atoms. The summed E-state index contributed by atoms with van der Waals surface area (Å²) in [5.74, 6) is -1.74. The third-order valence-electron chi connectivity index (χ3n) is 4.10. The van der Waals surface area contributed by atoms with Crippen LogP contribution in [0.5, 0.6) is 0 Å². The number of carbonyl (C=O) groups is 1. The van der Waals surface area contributed by atoms with Gasteiger partial charge in [0.1, 0.15) is 11.3 Å². The average Bonchev–Trinajstić information content (AvgIpc) is 3.29. The minimum atomic E-state index is -4.33. The highest BCUT2D eigenvalue weighted by Gasteiger charge is 2.48. The summed E-state index contributed by atoms with van der Waals surface area (Å²) in [6, 6.07) is 2.11. The van der Waals surface area contributed by atoms with E-state index in [0.717, 1.165) is 23.9 Å². The molecule has 0 bridgehead atoms. The van der Waals surface area contributed by atoms with Gasteiger partial charge in [-0.1, -0.05) is 0 Å². The second-order valence-electron chi connectivity index (χ2n) is 6.13. The minimum Gasteiger partial charge on any atom is -0.294 e. The highest BCUT2D eigenvalue weighted by molar-refractivity contribution is 7.99. The number of amides is 2. The van der Waals surface area contributed by atoms with Gasteiger partial charge in [-0.15, -0.1) is 24.4 Å². The molecule has 138 valence electrons. The van der Waals surface area contributed by atoms with Crippen LogP contribution in [-0.2, 0) is 0 Å². The Morgan fingerprint density at radius 3 is 2.52 bits per heavy atom. The number of benzene rings is 1. The molecule has 0 N–H and O–H groups in total. The van der Waals surface area contributed by atoms with Crippen molar-refractivity contribution in [2.24, 2.45) is 0 Å². The predicted molar refractivity (Wildman–Crippen MR) is 91.2 cm³/mol. The SMILES string of the molecule is Cc1cc(F)c(N2C(=O)N(C3CC3)C(S)N2C)cc1SCC(F)(F)F. The highest BCUT2D eigenvalue weighted by Crippen LogP contribution is 2.40. The Labute approximate surface area is 152 Å². The summed E-state index contributed by atoms with van der Waals surface area (Å²) in [5, 5.41) is 2.62. The van der Waals surface area contributed by atoms with Crippen LogP contribution >= 0.6 is 24.4 Å². The fourth-order valence-electron chi connectivity index (χ4n) is 2.72. The molecule has 2 aliphatic rings. The van der Waals surface area contributed by atoms with Crippen molar-refractivity contribution >= 4 is 36.1 Å². The maximum absolute atomic E-state index is 14.5. The monoisotopic (exact) mass is 395 g/mol. The zero-order chi connectivity index (χ0) is 18.5. The lowest BCUT2D eigenvalue weighted by molar-refractivity contribution is -0.105. The van der Waals surface area contributed by atoms with E-state index in [2.05, 4.69) is 12.6 Å². The van der Waals surface area contributed by atoms with Gasteiger partial charge in [-0.2, -0.15) is 18.2 Å². The molecule has 1 heterocycles. The van der Waals surface area contributed by atoms with Gasteiger partial charge >= 0.3 is 12.2 Å². The number of aryl methyl sites for hydroxylation is 1. The number of thiol groups is 1. The smallest absolute Gasteiger partial charge is 0.294 e. The van der Waals surface area contributed by atoms with E-state index >= 15 is 0 Å². The molecule has 2 fully saturated rings. The summed E-state index contributed by atoms with van der Waals surface area (Å²) in [6.07, 6.45) is -2.59. The maximum Gasteiger partial charge on any atom is 0.398 e. The number of urea groups is 1. The number of nitrogens with zero attached hydrogens (tertiary/aromatic N) is 3. The van der Waals surface area contributed by atoms with E-state index in [1.165, 1.54) is 11.1 Å². The van der Waals surface area contributed by atoms with Crippen molar-refractivity contribution < 1.29 is 22.4 Å². The highest BCUT2D eigenvalue weighted by atomic mass is 32.2. The van der Waals surface area contributed by atoms with Crippen LogP contribution in [0.2, 0.25) is 0 Å². The molecule has 2 amide bonds. The average molecular weight is 395 g/mol. The molecule has 25 heavy (non-hydrogen) atoms. The van der Waals surface area contributed by atoms with E-state index in [9.17, 15) is 22.4 Å². The van der Waals surface area contributed by atoms with Crippen LogP contribution in [0.3, 0.4) is 0 Å². The Bertz CT molecular complexity index is 696. The van der Waals surface area contributed by atoms with Crippen molar-refractivity contribution in [2.75, 3.05) is 17.8 Å². The number of rotatable bonds is 4. The first-order valence-corrected chi connectivity index (χ1v) is 9.13. The lowest BCUT2D eigenvalue weighted by Crippen LogP contribution is -2.38. The van der Waals surface area contributed by atoms with Crippen molar-refractivity contribution in [2.45, 2.75) is 42.4 Å². The molecule has 1 aromatic carbocycles. The van der Waals surface area contributed by atoms with E-state index in [0.29, 0.717) is 17.3 Å². The molecule has 0 radical (unpaired) electrons. The minimum absolute atomic E-state index is 0.0648. The predicted octanol–water partition coefficient (Wildman–Crippen LogP) is 4.25. The normalized spacial score (nSPS) is 22.2. The second-order valence-corrected chi connectivity index (χ2v) is 7.60. The van der Waals surface area contributed by atoms with Crippen molar-refractivity contribution in [1.29, 1.82) is 0 Å². The van der Waals surface area contributed by atoms with Gasteiger partial charge in [0.2, 0.25) is 0 Å². The van der Waals surface area contributed by atoms with Crippen molar-refractivity contribution in [3.8, 4) is 0 Å². The van der Waals surface area contributed by atoms with Gasteiger partial charge < -0.3 is 0 Å². The van der Waals surface area contributed by atoms with Crippen LogP contribution < -0.4 is 5.01 Å². The molecule has 1 aliphatic heterocycles. The van der Waals surface area contributed by atoms with Gasteiger partial charge in [-0.3, -0.25) is 4.90 Å². The first kappa shape index (κ1) is 18.7. The molecule has 1 saturated carbocycles. The van der Waals surface area contributed by atoms with E-state index in [-0.39, 0.29) is 16.6 Å². The Hall–Kier alpha value is -1.13. The number of alkyl halides is 3. The Kier molecular flexibility index (Phi) is 4.89. The Morgan fingerprint density at radius 1 is 1.32 bits per heavy atom. The number of anilines is 1. The van der Waals surface area contributed by atoms with Gasteiger partial charge in [0.05, 0.1) is 11.4 Å². The third-order valence-corrected chi connectivity index (χ3v) is 5.91. The summed E-state index contributed by atoms with van der Waals surface area (Å²) in [4.78, 5) is 14.5. The standard InChI is InChI=1S/C15H17F4N3OS2/c1-8-5-10(16)11(6-12(8)25-7-15(17,18)19)22-13(23)21(9-3-4-9)14(24)20(22)2/h5-6,9,14,24H,3-4,7H2,1-2H3. The van der Waals surface area contributed by atoms with Gasteiger partial charge in [0, 0.05) is 18.0 Å². The number of carbonyl (C=O) groups excluding carboxylic acids is 1. The molecule has 3 rings (SSSR count). The van der Waals surface area contributed by atoms with Crippen LogP contribution in [0.15, 0.2) is 17.0 Å². The molecular weight excluding hydrogens is 378 g/mol. The van der Waals surface area contributed by atoms with Gasteiger partial charge in [0.25, 0.3) is 0 Å². The quantitative estimate of drug-likeness (QED) is 0.469. The van der Waals surface area contributed by atoms with Crippen molar-refractivity contribution in [3.63, 3.8) is 0 Å². The molecule has 1 aromatic rings. The van der Waals surface area contributed by atoms with E-state index in [1.54, 1.807) is 18.9 Å². The zero-order valence-corrected chi connectivity index (χ0v) is 15.3. The lowest BCUT2D eigenvalue weighted by atomic mass is 10.2. The van der Waals surface area contributed by atoms with Crippen LogP contribution in [0.4, 0.5) is 28.0 Å². The van der Waals surface area contributed by atoms with Gasteiger partial charge in [-0.05, 0) is 37.5 Å². The number of hydrogen-bond acceptors (Lipinski definition) is 4. The fourth-order valence-corrected chi connectivity index (χ4v) is 3.91. The van der Waals surface area contributed by atoms with Gasteiger partial charge in [-0.25, -0.2) is 14.2 Å². The van der Waals surface area contributed by atoms with Crippen molar-refractivity contribution in [1.82, 2.24) is 9.91 Å². The summed E-state index contributed by atoms with van der Waals surface area (Å²) >= 11 is 4.98. The molecule has 1 aliphatic carbocycles. The number of hydrazine groups is 1. The van der Waals surface area contributed by atoms with Crippen LogP contribution in [0, 0.1) is 12.7 Å². The molecule has 4 nitrogen and oxygen atoms in total. The zero-order valence-electron chi connectivity index (χ0n) is 13.5. The van der Waals surface area contributed by atoms with Crippen LogP contribution in [0.1, 0.15) is 18.4 Å². The van der Waals surface area contributed by atoms with Crippen LogP contribution in [-0.4, -0.2) is 46.5 Å². The first-order valence-electron chi connectivity index (χ1n) is 7.63. The largest absolute Gasteiger partial charge is 0.398 e. The maximum atomic E-state index is 14.5. The first-order chi connectivity index (χ1) is 11.6. The molecule has 1 unspecified atom stereocenters. The summed E-state index contributed by atoms with van der Waals surface area (Å²) < 4.78 is 52.0. The molecule has 1 saturated heterocycles. The van der Waals surface area contributed by atoms with Gasteiger partial charge in [0.15, 0.2) is 0 Å². The lowest BCUT2D eigenvalue weighted by Gasteiger charge is -2.25. The molecule has 10 heteroatoms. The number of halogens is 4. The van der Waals surface area contributed by atoms with Crippen molar-refractivity contribution in [3.05, 3.63) is 23.5 Å². The molecular formula is C15H17F4N3OS2.